The van der Waals surface area contributed by atoms with Gasteiger partial charge in [-0.15, -0.1) is 0 Å². The van der Waals surface area contributed by atoms with Crippen LogP contribution >= 0.6 is 0 Å². The van der Waals surface area contributed by atoms with E-state index in [0.717, 1.165) is 26.2 Å². The van der Waals surface area contributed by atoms with Gasteiger partial charge in [-0.1, -0.05) is 0 Å². The summed E-state index contributed by atoms with van der Waals surface area (Å²) in [7, 11) is 1.55. The van der Waals surface area contributed by atoms with E-state index in [2.05, 4.69) is 10.2 Å². The summed E-state index contributed by atoms with van der Waals surface area (Å²) in [4.78, 5) is 14.1. The number of ether oxygens (including phenoxy) is 3. The number of carbonyl (C=O) groups is 1. The maximum absolute atomic E-state index is 12.0. The van der Waals surface area contributed by atoms with Crippen molar-refractivity contribution >= 4 is 5.97 Å². The molecule has 0 aliphatic carbocycles. The number of aliphatic hydroxyl groups excluding tert-OH is 1. The van der Waals surface area contributed by atoms with E-state index in [-0.39, 0.29) is 24.7 Å². The monoisotopic (exact) mass is 288 g/mol. The van der Waals surface area contributed by atoms with Crippen LogP contribution < -0.4 is 5.32 Å². The molecule has 7 heteroatoms. The van der Waals surface area contributed by atoms with Crippen LogP contribution in [0.1, 0.15) is 13.3 Å². The Morgan fingerprint density at radius 2 is 2.15 bits per heavy atom. The lowest BCUT2D eigenvalue weighted by atomic mass is 10.0. The number of rotatable bonds is 4. The maximum Gasteiger partial charge on any atom is 0.320 e. The number of esters is 1. The summed E-state index contributed by atoms with van der Waals surface area (Å²) in [5.74, 6) is -0.272. The Morgan fingerprint density at radius 3 is 2.80 bits per heavy atom. The van der Waals surface area contributed by atoms with Crippen LogP contribution in [0.5, 0.6) is 0 Å². The Bertz CT molecular complexity index is 322. The van der Waals surface area contributed by atoms with Crippen molar-refractivity contribution in [3.8, 4) is 0 Å². The summed E-state index contributed by atoms with van der Waals surface area (Å²) in [6.07, 6.45) is -1.74. The largest absolute Gasteiger partial charge is 0.456 e. The third-order valence-corrected chi connectivity index (χ3v) is 3.77. The first-order valence-corrected chi connectivity index (χ1v) is 7.09. The first kappa shape index (κ1) is 15.7. The molecule has 0 saturated carbocycles. The minimum absolute atomic E-state index is 0.272. The number of aliphatic hydroxyl groups is 1. The Balaban J connectivity index is 1.84. The van der Waals surface area contributed by atoms with Crippen molar-refractivity contribution in [2.24, 2.45) is 0 Å². The molecule has 0 bridgehead atoms. The minimum atomic E-state index is -0.863. The Morgan fingerprint density at radius 1 is 1.45 bits per heavy atom. The number of carbonyl (C=O) groups excluding carboxylic acids is 1. The van der Waals surface area contributed by atoms with Crippen molar-refractivity contribution in [2.45, 2.75) is 37.9 Å². The number of methoxy groups -OCH3 is 1. The van der Waals surface area contributed by atoms with Gasteiger partial charge in [0, 0.05) is 39.7 Å². The van der Waals surface area contributed by atoms with Crippen LogP contribution in [-0.2, 0) is 19.0 Å². The standard InChI is InChI=1S/C13H24N2O5/c1-9-13(10(18-2)7-11(16)19-9)20-12(17)8-15-5-3-14-4-6-15/h9-11,13-14,16H,3-8H2,1-2H3. The van der Waals surface area contributed by atoms with Crippen LogP contribution in [0.3, 0.4) is 0 Å². The lowest BCUT2D eigenvalue weighted by Crippen LogP contribution is -2.51. The van der Waals surface area contributed by atoms with E-state index >= 15 is 0 Å². The highest BCUT2D eigenvalue weighted by molar-refractivity contribution is 5.72. The fourth-order valence-corrected chi connectivity index (χ4v) is 2.66. The van der Waals surface area contributed by atoms with Gasteiger partial charge in [-0.05, 0) is 6.92 Å². The van der Waals surface area contributed by atoms with E-state index in [9.17, 15) is 9.90 Å². The fourth-order valence-electron chi connectivity index (χ4n) is 2.66. The van der Waals surface area contributed by atoms with Crippen molar-refractivity contribution in [2.75, 3.05) is 39.8 Å². The second-order valence-electron chi connectivity index (χ2n) is 5.29. The van der Waals surface area contributed by atoms with Gasteiger partial charge in [-0.2, -0.15) is 0 Å². The molecule has 2 heterocycles. The van der Waals surface area contributed by atoms with E-state index in [0.29, 0.717) is 6.42 Å². The van der Waals surface area contributed by atoms with Crippen molar-refractivity contribution in [1.82, 2.24) is 10.2 Å². The molecule has 2 aliphatic heterocycles. The van der Waals surface area contributed by atoms with Crippen LogP contribution in [0.25, 0.3) is 0 Å². The number of nitrogens with zero attached hydrogens (tertiary/aromatic N) is 1. The Hall–Kier alpha value is -0.730. The quantitative estimate of drug-likeness (QED) is 0.639. The zero-order valence-electron chi connectivity index (χ0n) is 12.1. The molecule has 20 heavy (non-hydrogen) atoms. The molecule has 0 aromatic heterocycles. The summed E-state index contributed by atoms with van der Waals surface area (Å²) in [6.45, 7) is 5.53. The zero-order valence-corrected chi connectivity index (χ0v) is 12.1. The third-order valence-electron chi connectivity index (χ3n) is 3.77. The number of nitrogens with one attached hydrogen (secondary N) is 1. The highest BCUT2D eigenvalue weighted by atomic mass is 16.6. The molecule has 0 aromatic rings. The summed E-state index contributed by atoms with van der Waals surface area (Å²) >= 11 is 0. The average Bonchev–Trinajstić information content (AvgIpc) is 2.42. The van der Waals surface area contributed by atoms with Crippen molar-refractivity contribution in [3.63, 3.8) is 0 Å². The molecule has 0 radical (unpaired) electrons. The minimum Gasteiger partial charge on any atom is -0.456 e. The number of piperazine rings is 1. The van der Waals surface area contributed by atoms with Crippen molar-refractivity contribution < 1.29 is 24.1 Å². The van der Waals surface area contributed by atoms with Crippen molar-refractivity contribution in [3.05, 3.63) is 0 Å². The summed E-state index contributed by atoms with van der Waals surface area (Å²) in [5, 5.41) is 12.8. The highest BCUT2D eigenvalue weighted by Crippen LogP contribution is 2.23. The molecule has 2 rings (SSSR count). The van der Waals surface area contributed by atoms with Crippen LogP contribution in [0, 0.1) is 0 Å². The van der Waals surface area contributed by atoms with Crippen LogP contribution in [0.2, 0.25) is 0 Å². The second-order valence-corrected chi connectivity index (χ2v) is 5.29. The van der Waals surface area contributed by atoms with Gasteiger partial charge in [0.1, 0.15) is 6.10 Å². The average molecular weight is 288 g/mol. The lowest BCUT2D eigenvalue weighted by Gasteiger charge is -2.37. The molecule has 0 amide bonds. The molecule has 2 aliphatic rings. The normalized spacial score (nSPS) is 35.8. The zero-order chi connectivity index (χ0) is 14.5. The smallest absolute Gasteiger partial charge is 0.320 e. The molecule has 4 atom stereocenters. The van der Waals surface area contributed by atoms with E-state index in [4.69, 9.17) is 14.2 Å². The fraction of sp³-hybridized carbons (Fsp3) is 0.923. The van der Waals surface area contributed by atoms with Crippen molar-refractivity contribution in [1.29, 1.82) is 0 Å². The Kier molecular flexibility index (Phi) is 5.74. The molecular formula is C13H24N2O5. The van der Waals surface area contributed by atoms with E-state index in [1.807, 2.05) is 0 Å². The highest BCUT2D eigenvalue weighted by Gasteiger charge is 2.38. The van der Waals surface area contributed by atoms with Gasteiger partial charge in [0.25, 0.3) is 0 Å². The molecule has 116 valence electrons. The third kappa shape index (κ3) is 4.13. The van der Waals surface area contributed by atoms with Gasteiger partial charge in [-0.25, -0.2) is 0 Å². The SMILES string of the molecule is COC1CC(O)OC(C)C1OC(=O)CN1CCNCC1. The van der Waals surface area contributed by atoms with Gasteiger partial charge in [0.2, 0.25) is 0 Å². The molecule has 0 spiro atoms. The van der Waals surface area contributed by atoms with Gasteiger partial charge in [-0.3, -0.25) is 9.69 Å². The van der Waals surface area contributed by atoms with E-state index in [1.54, 1.807) is 14.0 Å². The number of hydrogen-bond donors (Lipinski definition) is 2. The molecule has 0 aromatic carbocycles. The second kappa shape index (κ2) is 7.33. The molecule has 2 saturated heterocycles. The van der Waals surface area contributed by atoms with Crippen LogP contribution in [0.4, 0.5) is 0 Å². The Labute approximate surface area is 119 Å². The van der Waals surface area contributed by atoms with Gasteiger partial charge in [0.05, 0.1) is 12.6 Å². The predicted molar refractivity (Wildman–Crippen MR) is 71.2 cm³/mol. The summed E-state index contributed by atoms with van der Waals surface area (Å²) in [5.41, 5.74) is 0. The summed E-state index contributed by atoms with van der Waals surface area (Å²) < 4.78 is 16.1. The van der Waals surface area contributed by atoms with Crippen LogP contribution in [-0.4, -0.2) is 80.4 Å². The van der Waals surface area contributed by atoms with Crippen LogP contribution in [0.15, 0.2) is 0 Å². The topological polar surface area (TPSA) is 80.3 Å². The summed E-state index contributed by atoms with van der Waals surface area (Å²) in [6, 6.07) is 0. The molecule has 7 nitrogen and oxygen atoms in total. The maximum atomic E-state index is 12.0. The lowest BCUT2D eigenvalue weighted by molar-refractivity contribution is -0.240. The molecule has 2 fully saturated rings. The van der Waals surface area contributed by atoms with E-state index < -0.39 is 12.4 Å². The van der Waals surface area contributed by atoms with Gasteiger partial charge in [0.15, 0.2) is 12.4 Å². The first-order valence-electron chi connectivity index (χ1n) is 7.09. The number of hydrogen-bond acceptors (Lipinski definition) is 7. The van der Waals surface area contributed by atoms with E-state index in [1.165, 1.54) is 0 Å². The molecule has 4 unspecified atom stereocenters. The first-order chi connectivity index (χ1) is 9.60. The van der Waals surface area contributed by atoms with Gasteiger partial charge >= 0.3 is 5.97 Å². The molecule has 2 N–H and O–H groups in total. The molecular weight excluding hydrogens is 264 g/mol. The predicted octanol–water partition coefficient (Wildman–Crippen LogP) is -1.05. The van der Waals surface area contributed by atoms with Gasteiger partial charge < -0.3 is 24.6 Å².